The Labute approximate surface area is 113 Å². The van der Waals surface area contributed by atoms with Gasteiger partial charge in [-0.05, 0) is 32.6 Å². The number of nitrogens with one attached hydrogen (secondary N) is 2. The summed E-state index contributed by atoms with van der Waals surface area (Å²) >= 11 is 0. The van der Waals surface area contributed by atoms with Crippen molar-refractivity contribution in [2.45, 2.75) is 51.7 Å². The monoisotopic (exact) mass is 272 g/mol. The first-order valence-electron chi connectivity index (χ1n) is 6.73. The standard InChI is InChI=1S/C13H24N2O4/c1-9(4-5-11(16)17)8-14-12(18)15-13(3)6-7-19-10(13)2/h9-10H,4-8H2,1-3H3,(H,16,17)(H2,14,15,18). The van der Waals surface area contributed by atoms with Gasteiger partial charge in [0, 0.05) is 19.6 Å². The number of carboxylic acids is 1. The zero-order chi connectivity index (χ0) is 14.5. The third kappa shape index (κ3) is 5.06. The molecule has 1 heterocycles. The van der Waals surface area contributed by atoms with Crippen molar-refractivity contribution in [3.05, 3.63) is 0 Å². The predicted octanol–water partition coefficient (Wildman–Crippen LogP) is 1.35. The number of rotatable bonds is 6. The molecule has 110 valence electrons. The van der Waals surface area contributed by atoms with Crippen LogP contribution in [0.25, 0.3) is 0 Å². The number of hydrogen-bond acceptors (Lipinski definition) is 3. The van der Waals surface area contributed by atoms with Crippen LogP contribution in [0.15, 0.2) is 0 Å². The normalized spacial score (nSPS) is 27.8. The molecule has 6 nitrogen and oxygen atoms in total. The highest BCUT2D eigenvalue weighted by atomic mass is 16.5. The van der Waals surface area contributed by atoms with Crippen LogP contribution in [-0.2, 0) is 9.53 Å². The molecule has 3 atom stereocenters. The Morgan fingerprint density at radius 3 is 2.74 bits per heavy atom. The second-order valence-corrected chi connectivity index (χ2v) is 5.55. The van der Waals surface area contributed by atoms with E-state index in [2.05, 4.69) is 10.6 Å². The van der Waals surface area contributed by atoms with Crippen molar-refractivity contribution in [3.63, 3.8) is 0 Å². The summed E-state index contributed by atoms with van der Waals surface area (Å²) in [4.78, 5) is 22.2. The molecular formula is C13H24N2O4. The van der Waals surface area contributed by atoms with Gasteiger partial charge in [-0.3, -0.25) is 4.79 Å². The smallest absolute Gasteiger partial charge is 0.315 e. The van der Waals surface area contributed by atoms with E-state index in [0.29, 0.717) is 19.6 Å². The third-order valence-electron chi connectivity index (χ3n) is 3.75. The van der Waals surface area contributed by atoms with Crippen molar-refractivity contribution in [2.75, 3.05) is 13.2 Å². The van der Waals surface area contributed by atoms with Crippen LogP contribution in [-0.4, -0.2) is 41.9 Å². The minimum Gasteiger partial charge on any atom is -0.481 e. The summed E-state index contributed by atoms with van der Waals surface area (Å²) in [6, 6.07) is -0.220. The van der Waals surface area contributed by atoms with E-state index in [1.165, 1.54) is 0 Å². The van der Waals surface area contributed by atoms with Crippen molar-refractivity contribution in [2.24, 2.45) is 5.92 Å². The van der Waals surface area contributed by atoms with Gasteiger partial charge in [0.05, 0.1) is 11.6 Å². The zero-order valence-corrected chi connectivity index (χ0v) is 11.9. The highest BCUT2D eigenvalue weighted by Crippen LogP contribution is 2.24. The summed E-state index contributed by atoms with van der Waals surface area (Å²) in [5.74, 6) is -0.660. The molecule has 1 fully saturated rings. The van der Waals surface area contributed by atoms with Crippen molar-refractivity contribution in [1.82, 2.24) is 10.6 Å². The molecule has 1 rings (SSSR count). The molecular weight excluding hydrogens is 248 g/mol. The van der Waals surface area contributed by atoms with Crippen molar-refractivity contribution < 1.29 is 19.4 Å². The lowest BCUT2D eigenvalue weighted by atomic mass is 9.95. The lowest BCUT2D eigenvalue weighted by Crippen LogP contribution is -2.54. The first kappa shape index (κ1) is 15.8. The maximum absolute atomic E-state index is 11.8. The van der Waals surface area contributed by atoms with Gasteiger partial charge in [-0.15, -0.1) is 0 Å². The number of aliphatic carboxylic acids is 1. The van der Waals surface area contributed by atoms with Gasteiger partial charge in [0.2, 0.25) is 0 Å². The van der Waals surface area contributed by atoms with E-state index in [9.17, 15) is 9.59 Å². The Morgan fingerprint density at radius 1 is 1.53 bits per heavy atom. The summed E-state index contributed by atoms with van der Waals surface area (Å²) in [6.07, 6.45) is 1.50. The molecule has 0 radical (unpaired) electrons. The van der Waals surface area contributed by atoms with E-state index >= 15 is 0 Å². The van der Waals surface area contributed by atoms with E-state index in [-0.39, 0.29) is 30.0 Å². The van der Waals surface area contributed by atoms with Gasteiger partial charge in [-0.2, -0.15) is 0 Å². The molecule has 0 spiro atoms. The largest absolute Gasteiger partial charge is 0.481 e. The van der Waals surface area contributed by atoms with Gasteiger partial charge in [0.1, 0.15) is 0 Å². The number of urea groups is 1. The van der Waals surface area contributed by atoms with Gasteiger partial charge in [-0.1, -0.05) is 6.92 Å². The molecule has 0 bridgehead atoms. The molecule has 3 unspecified atom stereocenters. The lowest BCUT2D eigenvalue weighted by Gasteiger charge is -2.29. The van der Waals surface area contributed by atoms with Gasteiger partial charge in [0.25, 0.3) is 0 Å². The molecule has 0 aromatic heterocycles. The predicted molar refractivity (Wildman–Crippen MR) is 71.0 cm³/mol. The van der Waals surface area contributed by atoms with Crippen LogP contribution in [0.1, 0.15) is 40.0 Å². The van der Waals surface area contributed by atoms with Crippen LogP contribution in [0.4, 0.5) is 4.79 Å². The number of carboxylic acid groups (broad SMARTS) is 1. The summed E-state index contributed by atoms with van der Waals surface area (Å²) in [5.41, 5.74) is -0.325. The van der Waals surface area contributed by atoms with Crippen molar-refractivity contribution >= 4 is 12.0 Å². The maximum Gasteiger partial charge on any atom is 0.315 e. The minimum atomic E-state index is -0.805. The minimum absolute atomic E-state index is 0.00249. The molecule has 3 N–H and O–H groups in total. The second-order valence-electron chi connectivity index (χ2n) is 5.55. The van der Waals surface area contributed by atoms with Crippen LogP contribution in [0, 0.1) is 5.92 Å². The summed E-state index contributed by atoms with van der Waals surface area (Å²) < 4.78 is 5.45. The maximum atomic E-state index is 11.8. The number of carbonyl (C=O) groups is 2. The molecule has 0 aromatic carbocycles. The highest BCUT2D eigenvalue weighted by molar-refractivity contribution is 5.74. The van der Waals surface area contributed by atoms with E-state index in [4.69, 9.17) is 9.84 Å². The Balaban J connectivity index is 2.26. The lowest BCUT2D eigenvalue weighted by molar-refractivity contribution is -0.137. The average Bonchev–Trinajstić information content (AvgIpc) is 2.64. The first-order chi connectivity index (χ1) is 8.83. The van der Waals surface area contributed by atoms with E-state index in [0.717, 1.165) is 6.42 Å². The fourth-order valence-electron chi connectivity index (χ4n) is 2.04. The van der Waals surface area contributed by atoms with Crippen LogP contribution in [0.5, 0.6) is 0 Å². The Bertz CT molecular complexity index is 335. The SMILES string of the molecule is CC(CCC(=O)O)CNC(=O)NC1(C)CCOC1C. The molecule has 6 heteroatoms. The Hall–Kier alpha value is -1.30. The van der Waals surface area contributed by atoms with Gasteiger partial charge in [-0.25, -0.2) is 4.79 Å². The molecule has 1 aliphatic heterocycles. The van der Waals surface area contributed by atoms with E-state index < -0.39 is 5.97 Å². The van der Waals surface area contributed by atoms with Crippen LogP contribution in [0.2, 0.25) is 0 Å². The van der Waals surface area contributed by atoms with E-state index in [1.807, 2.05) is 20.8 Å². The van der Waals surface area contributed by atoms with Gasteiger partial charge >= 0.3 is 12.0 Å². The average molecular weight is 272 g/mol. The molecule has 0 aliphatic carbocycles. The molecule has 1 saturated heterocycles. The highest BCUT2D eigenvalue weighted by Gasteiger charge is 2.38. The van der Waals surface area contributed by atoms with Crippen molar-refractivity contribution in [1.29, 1.82) is 0 Å². The Kier molecular flexibility index (Phi) is 5.60. The summed E-state index contributed by atoms with van der Waals surface area (Å²) in [7, 11) is 0. The van der Waals surface area contributed by atoms with Crippen LogP contribution in [0.3, 0.4) is 0 Å². The van der Waals surface area contributed by atoms with E-state index in [1.54, 1.807) is 0 Å². The number of amides is 2. The Morgan fingerprint density at radius 2 is 2.21 bits per heavy atom. The summed E-state index contributed by atoms with van der Waals surface area (Å²) in [6.45, 7) is 6.98. The first-order valence-corrected chi connectivity index (χ1v) is 6.73. The number of hydrogen-bond donors (Lipinski definition) is 3. The molecule has 1 aliphatic rings. The number of ether oxygens (including phenoxy) is 1. The number of carbonyl (C=O) groups excluding carboxylic acids is 1. The van der Waals surface area contributed by atoms with Crippen LogP contribution >= 0.6 is 0 Å². The van der Waals surface area contributed by atoms with Gasteiger partial charge < -0.3 is 20.5 Å². The molecule has 19 heavy (non-hydrogen) atoms. The quantitative estimate of drug-likeness (QED) is 0.681. The zero-order valence-electron chi connectivity index (χ0n) is 11.9. The topological polar surface area (TPSA) is 87.7 Å². The van der Waals surface area contributed by atoms with Crippen LogP contribution < -0.4 is 10.6 Å². The molecule has 0 saturated carbocycles. The fourth-order valence-corrected chi connectivity index (χ4v) is 2.04. The molecule has 0 aromatic rings. The van der Waals surface area contributed by atoms with Gasteiger partial charge in [0.15, 0.2) is 0 Å². The fraction of sp³-hybridized carbons (Fsp3) is 0.846. The summed E-state index contributed by atoms with van der Waals surface area (Å²) in [5, 5.41) is 14.3. The third-order valence-corrected chi connectivity index (χ3v) is 3.75. The second kappa shape index (κ2) is 6.75. The van der Waals surface area contributed by atoms with Crippen molar-refractivity contribution in [3.8, 4) is 0 Å². The molecule has 2 amide bonds.